The lowest BCUT2D eigenvalue weighted by Gasteiger charge is -2.12. The van der Waals surface area contributed by atoms with Crippen molar-refractivity contribution in [2.75, 3.05) is 0 Å². The van der Waals surface area contributed by atoms with Gasteiger partial charge in [0.15, 0.2) is 0 Å². The Hall–Kier alpha value is -3.34. The van der Waals surface area contributed by atoms with Crippen LogP contribution in [0.1, 0.15) is 29.7 Å². The van der Waals surface area contributed by atoms with Gasteiger partial charge in [-0.2, -0.15) is 0 Å². The second kappa shape index (κ2) is 9.37. The van der Waals surface area contributed by atoms with Crippen LogP contribution in [0.15, 0.2) is 91.1 Å². The summed E-state index contributed by atoms with van der Waals surface area (Å²) in [5.41, 5.74) is 9.72. The molecule has 0 radical (unpaired) electrons. The minimum atomic E-state index is 0.689. The number of aryl methyl sites for hydroxylation is 2. The van der Waals surface area contributed by atoms with Crippen molar-refractivity contribution in [1.29, 1.82) is 0 Å². The van der Waals surface area contributed by atoms with Gasteiger partial charge in [-0.1, -0.05) is 96.6 Å². The highest BCUT2D eigenvalue weighted by molar-refractivity contribution is 7.80. The first-order valence-corrected chi connectivity index (χ1v) is 12.9. The SMILES string of the molecule is S=C(NCc1ccccc1)c1c(-c2ccc(Cl)cc2)c2c3n(c(-c4ccccc4)cn13)CCCC2. The fraction of sp³-hybridized carbons (Fsp3) is 0.167. The molecule has 1 aliphatic rings. The maximum absolute atomic E-state index is 6.25. The second-order valence-electron chi connectivity index (χ2n) is 9.06. The van der Waals surface area contributed by atoms with Gasteiger partial charge in [0.1, 0.15) is 10.6 Å². The van der Waals surface area contributed by atoms with E-state index in [9.17, 15) is 0 Å². The lowest BCUT2D eigenvalue weighted by molar-refractivity contribution is 0.647. The summed E-state index contributed by atoms with van der Waals surface area (Å²) in [6.45, 7) is 1.69. The number of imidazole rings is 1. The standard InChI is InChI=1S/C30H26ClN3S/c31-24-16-14-23(15-17-24)27-25-13-7-8-18-33-26(22-11-5-2-6-12-22)20-34(30(25)33)28(27)29(35)32-19-21-9-3-1-4-10-21/h1-6,9-12,14-17,20H,7-8,13,18-19H2,(H,32,35). The van der Waals surface area contributed by atoms with Crippen molar-refractivity contribution in [2.45, 2.75) is 32.4 Å². The molecule has 3 aromatic carbocycles. The number of benzene rings is 3. The van der Waals surface area contributed by atoms with E-state index in [1.807, 2.05) is 18.2 Å². The van der Waals surface area contributed by atoms with Crippen LogP contribution in [0.25, 0.3) is 28.0 Å². The smallest absolute Gasteiger partial charge is 0.124 e. The summed E-state index contributed by atoms with van der Waals surface area (Å²) in [6, 6.07) is 29.2. The lowest BCUT2D eigenvalue weighted by Crippen LogP contribution is -2.23. The Bertz CT molecular complexity index is 1500. The number of hydrogen-bond donors (Lipinski definition) is 1. The van der Waals surface area contributed by atoms with Crippen molar-refractivity contribution < 1.29 is 0 Å². The molecule has 0 bridgehead atoms. The predicted octanol–water partition coefficient (Wildman–Crippen LogP) is 7.53. The highest BCUT2D eigenvalue weighted by atomic mass is 35.5. The zero-order chi connectivity index (χ0) is 23.8. The van der Waals surface area contributed by atoms with Gasteiger partial charge in [0.05, 0.1) is 11.4 Å². The molecule has 5 aromatic rings. The summed E-state index contributed by atoms with van der Waals surface area (Å²) in [5, 5.41) is 4.29. The average Bonchev–Trinajstić information content (AvgIpc) is 3.32. The van der Waals surface area contributed by atoms with Crippen LogP contribution in [0.3, 0.4) is 0 Å². The van der Waals surface area contributed by atoms with Crippen LogP contribution in [-0.2, 0) is 19.5 Å². The molecule has 0 saturated heterocycles. The van der Waals surface area contributed by atoms with Crippen molar-refractivity contribution in [2.24, 2.45) is 0 Å². The number of rotatable bonds is 5. The minimum absolute atomic E-state index is 0.689. The Morgan fingerprint density at radius 1 is 0.857 bits per heavy atom. The van der Waals surface area contributed by atoms with Gasteiger partial charge in [0.2, 0.25) is 0 Å². The van der Waals surface area contributed by atoms with Gasteiger partial charge in [0.25, 0.3) is 0 Å². The number of hydrogen-bond acceptors (Lipinski definition) is 1. The van der Waals surface area contributed by atoms with Crippen molar-refractivity contribution in [3.8, 4) is 22.4 Å². The molecule has 0 atom stereocenters. The van der Waals surface area contributed by atoms with Gasteiger partial charge in [-0.25, -0.2) is 0 Å². The van der Waals surface area contributed by atoms with Crippen molar-refractivity contribution >= 4 is 34.5 Å². The summed E-state index contributed by atoms with van der Waals surface area (Å²) in [5.74, 6) is 0. The third-order valence-corrected chi connectivity index (χ3v) is 7.44. The number of nitrogens with one attached hydrogen (secondary N) is 1. The number of halogens is 1. The fourth-order valence-corrected chi connectivity index (χ4v) is 5.64. The Morgan fingerprint density at radius 2 is 1.57 bits per heavy atom. The van der Waals surface area contributed by atoms with E-state index in [1.54, 1.807) is 0 Å². The molecule has 0 saturated carbocycles. The molecule has 174 valence electrons. The average molecular weight is 496 g/mol. The third kappa shape index (κ3) is 4.07. The number of thiocarbonyl (C=S) groups is 1. The normalized spacial score (nSPS) is 13.1. The van der Waals surface area contributed by atoms with Gasteiger partial charge in [0, 0.05) is 35.4 Å². The quantitative estimate of drug-likeness (QED) is 0.254. The molecule has 1 N–H and O–H groups in total. The first-order valence-electron chi connectivity index (χ1n) is 12.1. The van der Waals surface area contributed by atoms with Crippen molar-refractivity contribution in [3.63, 3.8) is 0 Å². The van der Waals surface area contributed by atoms with E-state index in [4.69, 9.17) is 23.8 Å². The lowest BCUT2D eigenvalue weighted by atomic mass is 9.98. The Morgan fingerprint density at radius 3 is 2.31 bits per heavy atom. The molecule has 6 rings (SSSR count). The first kappa shape index (κ1) is 22.1. The molecule has 0 unspecified atom stereocenters. The zero-order valence-electron chi connectivity index (χ0n) is 19.4. The highest BCUT2D eigenvalue weighted by Gasteiger charge is 2.28. The van der Waals surface area contributed by atoms with E-state index in [0.717, 1.165) is 47.1 Å². The van der Waals surface area contributed by atoms with E-state index in [0.29, 0.717) is 6.54 Å². The summed E-state index contributed by atoms with van der Waals surface area (Å²) in [7, 11) is 0. The molecule has 1 aliphatic heterocycles. The Labute approximate surface area is 216 Å². The Balaban J connectivity index is 1.55. The van der Waals surface area contributed by atoms with Crippen LogP contribution in [0.4, 0.5) is 0 Å². The number of nitrogens with zero attached hydrogens (tertiary/aromatic N) is 2. The van der Waals surface area contributed by atoms with E-state index in [-0.39, 0.29) is 0 Å². The first-order chi connectivity index (χ1) is 17.2. The molecular weight excluding hydrogens is 470 g/mol. The van der Waals surface area contributed by atoms with Gasteiger partial charge in [-0.05, 0) is 48.1 Å². The third-order valence-electron chi connectivity index (χ3n) is 6.85. The molecular formula is C30H26ClN3S. The summed E-state index contributed by atoms with van der Waals surface area (Å²) < 4.78 is 4.81. The summed E-state index contributed by atoms with van der Waals surface area (Å²) >= 11 is 12.3. The van der Waals surface area contributed by atoms with Crippen LogP contribution in [0, 0.1) is 0 Å². The van der Waals surface area contributed by atoms with E-state index >= 15 is 0 Å². The molecule has 0 aliphatic carbocycles. The van der Waals surface area contributed by atoms with Gasteiger partial charge in [-0.15, -0.1) is 0 Å². The van der Waals surface area contributed by atoms with Crippen molar-refractivity contribution in [1.82, 2.24) is 14.3 Å². The number of aromatic nitrogens is 2. The van der Waals surface area contributed by atoms with Gasteiger partial charge in [-0.3, -0.25) is 4.40 Å². The van der Waals surface area contributed by atoms with Crippen LogP contribution in [0.2, 0.25) is 5.02 Å². The summed E-state index contributed by atoms with van der Waals surface area (Å²) in [6.07, 6.45) is 5.61. The zero-order valence-corrected chi connectivity index (χ0v) is 20.9. The van der Waals surface area contributed by atoms with E-state index in [2.05, 4.69) is 87.2 Å². The van der Waals surface area contributed by atoms with Crippen LogP contribution in [0.5, 0.6) is 0 Å². The minimum Gasteiger partial charge on any atom is -0.370 e. The Kier molecular flexibility index (Phi) is 5.93. The van der Waals surface area contributed by atoms with E-state index in [1.165, 1.54) is 33.6 Å². The second-order valence-corrected chi connectivity index (χ2v) is 9.90. The van der Waals surface area contributed by atoms with Crippen LogP contribution < -0.4 is 5.32 Å². The van der Waals surface area contributed by atoms with Gasteiger partial charge >= 0.3 is 0 Å². The van der Waals surface area contributed by atoms with Crippen LogP contribution >= 0.6 is 23.8 Å². The largest absolute Gasteiger partial charge is 0.370 e. The monoisotopic (exact) mass is 495 g/mol. The van der Waals surface area contributed by atoms with Gasteiger partial charge < -0.3 is 9.88 Å². The predicted molar refractivity (Wildman–Crippen MR) is 149 cm³/mol. The summed E-state index contributed by atoms with van der Waals surface area (Å²) in [4.78, 5) is 0.761. The molecule has 2 aromatic heterocycles. The molecule has 0 spiro atoms. The molecule has 3 heterocycles. The molecule has 3 nitrogen and oxygen atoms in total. The molecule has 0 fully saturated rings. The molecule has 35 heavy (non-hydrogen) atoms. The molecule has 0 amide bonds. The fourth-order valence-electron chi connectivity index (χ4n) is 5.24. The topological polar surface area (TPSA) is 21.4 Å². The highest BCUT2D eigenvalue weighted by Crippen LogP contribution is 2.39. The van der Waals surface area contributed by atoms with Crippen LogP contribution in [-0.4, -0.2) is 14.0 Å². The maximum atomic E-state index is 6.25. The maximum Gasteiger partial charge on any atom is 0.124 e. The van der Waals surface area contributed by atoms with Crippen molar-refractivity contribution in [3.05, 3.63) is 113 Å². The van der Waals surface area contributed by atoms with E-state index < -0.39 is 0 Å². The molecule has 5 heteroatoms.